The van der Waals surface area contributed by atoms with Crippen molar-refractivity contribution in [1.82, 2.24) is 20.5 Å². The number of allylic oxidation sites excluding steroid dienone is 1. The van der Waals surface area contributed by atoms with Crippen LogP contribution in [0.4, 0.5) is 11.5 Å². The van der Waals surface area contributed by atoms with Gasteiger partial charge in [0, 0.05) is 57.9 Å². The van der Waals surface area contributed by atoms with Gasteiger partial charge < -0.3 is 20.2 Å². The van der Waals surface area contributed by atoms with Gasteiger partial charge in [0.05, 0.1) is 12.1 Å². The third-order valence-corrected chi connectivity index (χ3v) is 11.0. The number of imide groups is 1. The smallest absolute Gasteiger partial charge is 0.249 e. The van der Waals surface area contributed by atoms with Gasteiger partial charge in [-0.2, -0.15) is 0 Å². The van der Waals surface area contributed by atoms with Gasteiger partial charge in [0.1, 0.15) is 17.6 Å². The minimum absolute atomic E-state index is 0.0836. The first kappa shape index (κ1) is 36.9. The Balaban J connectivity index is 0.902. The topological polar surface area (TPSA) is 118 Å². The number of piperidine rings is 2. The number of rotatable bonds is 11. The van der Waals surface area contributed by atoms with Gasteiger partial charge in [-0.05, 0) is 95.8 Å². The highest BCUT2D eigenvalue weighted by Crippen LogP contribution is 2.36. The van der Waals surface area contributed by atoms with Crippen LogP contribution in [0.5, 0.6) is 5.75 Å². The highest BCUT2D eigenvalue weighted by molar-refractivity contribution is 6.02. The summed E-state index contributed by atoms with van der Waals surface area (Å²) in [5, 5.41) is 15.0. The van der Waals surface area contributed by atoms with Crippen molar-refractivity contribution in [2.75, 3.05) is 55.6 Å². The predicted molar refractivity (Wildman–Crippen MR) is 213 cm³/mol. The largest absolute Gasteiger partial charge is 0.508 e. The van der Waals surface area contributed by atoms with Gasteiger partial charge in [0.15, 0.2) is 0 Å². The van der Waals surface area contributed by atoms with Gasteiger partial charge >= 0.3 is 0 Å². The molecular weight excluding hydrogens is 677 g/mol. The molecule has 54 heavy (non-hydrogen) atoms. The number of anilines is 2. The number of nitrogens with one attached hydrogen (secondary N) is 2. The third kappa shape index (κ3) is 8.99. The lowest BCUT2D eigenvalue weighted by Crippen LogP contribution is -2.52. The number of hydrogen-bond acceptors (Lipinski definition) is 8. The SMILES string of the molecule is CC/C(=C(\c1ccc(O)cc1)c1ccc(N2CCC(CN3CCN(c4cccc(CC(=O)NC5CCC(=O)NC5=O)n4)CC3)CC2)cc1)c1ccccc1. The normalized spacial score (nSPS) is 18.9. The molecule has 4 aromatic rings. The van der Waals surface area contributed by atoms with Crippen LogP contribution in [-0.4, -0.2) is 84.6 Å². The Bertz CT molecular complexity index is 1950. The van der Waals surface area contributed by atoms with E-state index >= 15 is 0 Å². The second-order valence-corrected chi connectivity index (χ2v) is 14.6. The van der Waals surface area contributed by atoms with Crippen LogP contribution in [-0.2, 0) is 20.8 Å². The minimum Gasteiger partial charge on any atom is -0.508 e. The Kier molecular flexibility index (Phi) is 11.7. The molecule has 0 saturated carbocycles. The number of aromatic hydroxyl groups is 1. The number of amides is 3. The fraction of sp³-hybridized carbons (Fsp3) is 0.364. The summed E-state index contributed by atoms with van der Waals surface area (Å²) < 4.78 is 0. The van der Waals surface area contributed by atoms with Crippen molar-refractivity contribution in [2.45, 2.75) is 51.5 Å². The summed E-state index contributed by atoms with van der Waals surface area (Å²) in [5.74, 6) is 0.781. The van der Waals surface area contributed by atoms with Crippen LogP contribution < -0.4 is 20.4 Å². The fourth-order valence-corrected chi connectivity index (χ4v) is 8.03. The Morgan fingerprint density at radius 3 is 2.13 bits per heavy atom. The van der Waals surface area contributed by atoms with Crippen molar-refractivity contribution in [2.24, 2.45) is 5.92 Å². The lowest BCUT2D eigenvalue weighted by atomic mass is 9.88. The number of piperazine rings is 1. The molecule has 3 aromatic carbocycles. The molecular formula is C44H50N6O4. The molecule has 3 aliphatic rings. The van der Waals surface area contributed by atoms with Crippen molar-refractivity contribution in [3.05, 3.63) is 119 Å². The first-order chi connectivity index (χ1) is 26.3. The van der Waals surface area contributed by atoms with Crippen LogP contribution in [0.2, 0.25) is 0 Å². The van der Waals surface area contributed by atoms with E-state index in [4.69, 9.17) is 4.98 Å². The molecule has 0 bridgehead atoms. The molecule has 10 heteroatoms. The third-order valence-electron chi connectivity index (χ3n) is 11.0. The van der Waals surface area contributed by atoms with Gasteiger partial charge in [-0.1, -0.05) is 67.6 Å². The van der Waals surface area contributed by atoms with E-state index < -0.39 is 11.9 Å². The van der Waals surface area contributed by atoms with Crippen molar-refractivity contribution < 1.29 is 19.5 Å². The zero-order valence-electron chi connectivity index (χ0n) is 31.0. The summed E-state index contributed by atoms with van der Waals surface area (Å²) in [6.45, 7) is 9.12. The van der Waals surface area contributed by atoms with E-state index in [1.165, 1.54) is 40.8 Å². The van der Waals surface area contributed by atoms with Crippen molar-refractivity contribution in [3.63, 3.8) is 0 Å². The van der Waals surface area contributed by atoms with E-state index in [9.17, 15) is 19.5 Å². The van der Waals surface area contributed by atoms with E-state index in [2.05, 4.69) is 86.9 Å². The number of hydrogen-bond donors (Lipinski definition) is 3. The van der Waals surface area contributed by atoms with E-state index in [0.29, 0.717) is 18.0 Å². The van der Waals surface area contributed by atoms with Gasteiger partial charge in [-0.15, -0.1) is 0 Å². The molecule has 1 atom stereocenters. The fourth-order valence-electron chi connectivity index (χ4n) is 8.03. The molecule has 0 spiro atoms. The lowest BCUT2D eigenvalue weighted by Gasteiger charge is -2.39. The summed E-state index contributed by atoms with van der Waals surface area (Å²) in [6.07, 6.45) is 3.85. The van der Waals surface area contributed by atoms with E-state index in [1.54, 1.807) is 12.1 Å². The van der Waals surface area contributed by atoms with E-state index in [0.717, 1.165) is 63.6 Å². The summed E-state index contributed by atoms with van der Waals surface area (Å²) >= 11 is 0. The van der Waals surface area contributed by atoms with Crippen LogP contribution in [0, 0.1) is 5.92 Å². The predicted octanol–water partition coefficient (Wildman–Crippen LogP) is 5.66. The second-order valence-electron chi connectivity index (χ2n) is 14.6. The average Bonchev–Trinajstić information content (AvgIpc) is 3.20. The number of phenols is 1. The zero-order valence-corrected chi connectivity index (χ0v) is 31.0. The standard InChI is InChI=1S/C44H50N6O4/c1-2-38(32-7-4-3-5-8-32)43(34-13-17-37(51)18-14-34)33-11-15-36(16-12-33)49-23-21-31(22-24-49)30-48-25-27-50(28-26-48)40-10-6-9-35(45-40)29-42(53)46-39-19-20-41(52)47-44(39)54/h3-18,31,39,51H,2,19-30H2,1H3,(H,46,53)(H,47,52,54)/b43-38+. The van der Waals surface area contributed by atoms with Crippen LogP contribution in [0.3, 0.4) is 0 Å². The maximum Gasteiger partial charge on any atom is 0.249 e. The van der Waals surface area contributed by atoms with Gasteiger partial charge in [0.2, 0.25) is 17.7 Å². The first-order valence-corrected chi connectivity index (χ1v) is 19.3. The Morgan fingerprint density at radius 1 is 0.778 bits per heavy atom. The molecule has 4 heterocycles. The molecule has 3 N–H and O–H groups in total. The molecule has 3 amide bonds. The molecule has 3 saturated heterocycles. The van der Waals surface area contributed by atoms with Gasteiger partial charge in [-0.3, -0.25) is 24.6 Å². The molecule has 0 aliphatic carbocycles. The maximum absolute atomic E-state index is 12.7. The Morgan fingerprint density at radius 2 is 1.46 bits per heavy atom. The molecule has 1 unspecified atom stereocenters. The van der Waals surface area contributed by atoms with Crippen molar-refractivity contribution >= 4 is 40.4 Å². The highest BCUT2D eigenvalue weighted by atomic mass is 16.3. The summed E-state index contributed by atoms with van der Waals surface area (Å²) in [4.78, 5) is 48.3. The number of aromatic nitrogens is 1. The number of benzene rings is 3. The van der Waals surface area contributed by atoms with E-state index in [1.807, 2.05) is 30.3 Å². The molecule has 7 rings (SSSR count). The molecule has 1 aromatic heterocycles. The first-order valence-electron chi connectivity index (χ1n) is 19.3. The van der Waals surface area contributed by atoms with Crippen molar-refractivity contribution in [3.8, 4) is 5.75 Å². The molecule has 3 fully saturated rings. The number of pyridine rings is 1. The zero-order chi connectivity index (χ0) is 37.4. The summed E-state index contributed by atoms with van der Waals surface area (Å²) in [5.41, 5.74) is 7.90. The second kappa shape index (κ2) is 17.1. The quantitative estimate of drug-likeness (QED) is 0.134. The van der Waals surface area contributed by atoms with Crippen LogP contribution in [0.1, 0.15) is 61.4 Å². The summed E-state index contributed by atoms with van der Waals surface area (Å²) in [6, 6.07) is 32.2. The Labute approximate surface area is 317 Å². The Hall–Kier alpha value is -5.48. The van der Waals surface area contributed by atoms with Gasteiger partial charge in [-0.25, -0.2) is 4.98 Å². The molecule has 0 radical (unpaired) electrons. The average molecular weight is 727 g/mol. The van der Waals surface area contributed by atoms with Crippen LogP contribution in [0.15, 0.2) is 97.1 Å². The maximum atomic E-state index is 12.7. The monoisotopic (exact) mass is 726 g/mol. The number of carbonyl (C=O) groups is 3. The van der Waals surface area contributed by atoms with Crippen LogP contribution in [0.25, 0.3) is 11.1 Å². The van der Waals surface area contributed by atoms with Crippen molar-refractivity contribution in [1.29, 1.82) is 0 Å². The number of phenolic OH excluding ortho intramolecular Hbond substituents is 1. The minimum atomic E-state index is -0.681. The van der Waals surface area contributed by atoms with Crippen LogP contribution >= 0.6 is 0 Å². The lowest BCUT2D eigenvalue weighted by molar-refractivity contribution is -0.137. The highest BCUT2D eigenvalue weighted by Gasteiger charge is 2.28. The number of nitrogens with zero attached hydrogens (tertiary/aromatic N) is 4. The van der Waals surface area contributed by atoms with E-state index in [-0.39, 0.29) is 30.4 Å². The van der Waals surface area contributed by atoms with Gasteiger partial charge in [0.25, 0.3) is 0 Å². The molecule has 280 valence electrons. The summed E-state index contributed by atoms with van der Waals surface area (Å²) in [7, 11) is 0. The molecule has 10 nitrogen and oxygen atoms in total. The number of carbonyl (C=O) groups excluding carboxylic acids is 3. The molecule has 3 aliphatic heterocycles.